The van der Waals surface area contributed by atoms with Gasteiger partial charge in [-0.3, -0.25) is 0 Å². The SMILES string of the molecule is CCCNC(C=C(C)C)c1scnc1C. The topological polar surface area (TPSA) is 24.9 Å². The Kier molecular flexibility index (Phi) is 4.99. The van der Waals surface area contributed by atoms with Gasteiger partial charge in [0, 0.05) is 4.88 Å². The van der Waals surface area contributed by atoms with Gasteiger partial charge in [0.15, 0.2) is 0 Å². The van der Waals surface area contributed by atoms with Gasteiger partial charge in [-0.15, -0.1) is 11.3 Å². The highest BCUT2D eigenvalue weighted by Crippen LogP contribution is 2.23. The van der Waals surface area contributed by atoms with E-state index < -0.39 is 0 Å². The van der Waals surface area contributed by atoms with Crippen LogP contribution in [-0.2, 0) is 0 Å². The summed E-state index contributed by atoms with van der Waals surface area (Å²) in [6, 6.07) is 0.336. The smallest absolute Gasteiger partial charge is 0.0798 e. The van der Waals surface area contributed by atoms with Crippen molar-refractivity contribution in [3.8, 4) is 0 Å². The lowest BCUT2D eigenvalue weighted by Crippen LogP contribution is -2.20. The van der Waals surface area contributed by atoms with Gasteiger partial charge in [0.25, 0.3) is 0 Å². The lowest BCUT2D eigenvalue weighted by molar-refractivity contribution is 0.614. The van der Waals surface area contributed by atoms with Crippen LogP contribution >= 0.6 is 11.3 Å². The fourth-order valence-corrected chi connectivity index (χ4v) is 2.32. The fourth-order valence-electron chi connectivity index (χ4n) is 1.47. The molecule has 1 heterocycles. The number of thiazole rings is 1. The van der Waals surface area contributed by atoms with Gasteiger partial charge in [0.1, 0.15) is 0 Å². The maximum Gasteiger partial charge on any atom is 0.0798 e. The highest BCUT2D eigenvalue weighted by Gasteiger charge is 2.12. The molecule has 1 N–H and O–H groups in total. The van der Waals surface area contributed by atoms with Gasteiger partial charge in [0.2, 0.25) is 0 Å². The standard InChI is InChI=1S/C12H20N2S/c1-5-6-13-11(7-9(2)3)12-10(4)14-8-15-12/h7-8,11,13H,5-6H2,1-4H3. The summed E-state index contributed by atoms with van der Waals surface area (Å²) in [6.45, 7) is 9.58. The largest absolute Gasteiger partial charge is 0.306 e. The highest BCUT2D eigenvalue weighted by atomic mass is 32.1. The van der Waals surface area contributed by atoms with Crippen LogP contribution in [0.3, 0.4) is 0 Å². The Labute approximate surface area is 96.4 Å². The lowest BCUT2D eigenvalue weighted by Gasteiger charge is -2.14. The summed E-state index contributed by atoms with van der Waals surface area (Å²) in [5, 5.41) is 3.54. The molecule has 2 nitrogen and oxygen atoms in total. The quantitative estimate of drug-likeness (QED) is 0.775. The van der Waals surface area contributed by atoms with Gasteiger partial charge in [-0.05, 0) is 33.7 Å². The fraction of sp³-hybridized carbons (Fsp3) is 0.583. The van der Waals surface area contributed by atoms with Crippen LogP contribution in [0.5, 0.6) is 0 Å². The van der Waals surface area contributed by atoms with Crippen molar-refractivity contribution in [2.24, 2.45) is 0 Å². The van der Waals surface area contributed by atoms with E-state index in [1.165, 1.54) is 10.5 Å². The van der Waals surface area contributed by atoms with Crippen LogP contribution in [-0.4, -0.2) is 11.5 Å². The highest BCUT2D eigenvalue weighted by molar-refractivity contribution is 7.09. The van der Waals surface area contributed by atoms with Crippen LogP contribution in [0.25, 0.3) is 0 Å². The molecule has 0 aromatic carbocycles. The Morgan fingerprint density at radius 3 is 2.80 bits per heavy atom. The van der Waals surface area contributed by atoms with Crippen molar-refractivity contribution < 1.29 is 0 Å². The van der Waals surface area contributed by atoms with Crippen molar-refractivity contribution in [3.05, 3.63) is 27.7 Å². The van der Waals surface area contributed by atoms with Crippen LogP contribution in [0.1, 0.15) is 43.8 Å². The molecule has 0 fully saturated rings. The summed E-state index contributed by atoms with van der Waals surface area (Å²) < 4.78 is 0. The Morgan fingerprint density at radius 2 is 2.33 bits per heavy atom. The van der Waals surface area contributed by atoms with E-state index in [2.05, 4.69) is 44.1 Å². The number of aromatic nitrogens is 1. The summed E-state index contributed by atoms with van der Waals surface area (Å²) in [5.74, 6) is 0. The zero-order valence-electron chi connectivity index (χ0n) is 10.0. The number of aryl methyl sites for hydroxylation is 1. The number of hydrogen-bond acceptors (Lipinski definition) is 3. The van der Waals surface area contributed by atoms with Crippen molar-refractivity contribution in [3.63, 3.8) is 0 Å². The summed E-state index contributed by atoms with van der Waals surface area (Å²) in [5.41, 5.74) is 4.41. The van der Waals surface area contributed by atoms with E-state index in [1.807, 2.05) is 5.51 Å². The van der Waals surface area contributed by atoms with Gasteiger partial charge in [0.05, 0.1) is 17.2 Å². The molecule has 1 atom stereocenters. The van der Waals surface area contributed by atoms with E-state index in [4.69, 9.17) is 0 Å². The molecule has 15 heavy (non-hydrogen) atoms. The van der Waals surface area contributed by atoms with Crippen molar-refractivity contribution in [2.45, 2.75) is 40.2 Å². The summed E-state index contributed by atoms with van der Waals surface area (Å²) in [7, 11) is 0. The van der Waals surface area contributed by atoms with Crippen LogP contribution in [0.2, 0.25) is 0 Å². The summed E-state index contributed by atoms with van der Waals surface area (Å²) in [4.78, 5) is 5.64. The third-order valence-electron chi connectivity index (χ3n) is 2.18. The van der Waals surface area contributed by atoms with E-state index in [0.717, 1.165) is 18.7 Å². The first-order chi connectivity index (χ1) is 7.15. The van der Waals surface area contributed by atoms with Gasteiger partial charge >= 0.3 is 0 Å². The molecule has 84 valence electrons. The molecular weight excluding hydrogens is 204 g/mol. The second-order valence-corrected chi connectivity index (χ2v) is 4.86. The zero-order valence-corrected chi connectivity index (χ0v) is 10.8. The number of allylic oxidation sites excluding steroid dienone is 1. The Bertz CT molecular complexity index is 324. The van der Waals surface area contributed by atoms with Gasteiger partial charge in [-0.25, -0.2) is 4.98 Å². The third-order valence-corrected chi connectivity index (χ3v) is 3.19. The molecule has 0 spiro atoms. The monoisotopic (exact) mass is 224 g/mol. The molecule has 0 aliphatic carbocycles. The molecule has 1 aromatic heterocycles. The van der Waals surface area contributed by atoms with Crippen LogP contribution in [0.15, 0.2) is 17.2 Å². The third kappa shape index (κ3) is 3.76. The van der Waals surface area contributed by atoms with Crippen molar-refractivity contribution >= 4 is 11.3 Å². The van der Waals surface area contributed by atoms with Gasteiger partial charge in [-0.1, -0.05) is 18.6 Å². The molecule has 0 bridgehead atoms. The van der Waals surface area contributed by atoms with Crippen molar-refractivity contribution in [2.75, 3.05) is 6.54 Å². The lowest BCUT2D eigenvalue weighted by atomic mass is 10.1. The predicted octanol–water partition coefficient (Wildman–Crippen LogP) is 3.46. The first-order valence-electron chi connectivity index (χ1n) is 5.43. The first kappa shape index (κ1) is 12.4. The number of rotatable bonds is 5. The normalized spacial score (nSPS) is 12.5. The second-order valence-electron chi connectivity index (χ2n) is 3.98. The molecule has 0 saturated carbocycles. The molecule has 0 amide bonds. The van der Waals surface area contributed by atoms with Gasteiger partial charge < -0.3 is 5.32 Å². The van der Waals surface area contributed by atoms with E-state index in [0.29, 0.717) is 6.04 Å². The van der Waals surface area contributed by atoms with Crippen molar-refractivity contribution in [1.82, 2.24) is 10.3 Å². The van der Waals surface area contributed by atoms with E-state index in [9.17, 15) is 0 Å². The number of nitrogens with one attached hydrogen (secondary N) is 1. The minimum atomic E-state index is 0.336. The van der Waals surface area contributed by atoms with Crippen LogP contribution in [0.4, 0.5) is 0 Å². The van der Waals surface area contributed by atoms with E-state index >= 15 is 0 Å². The Morgan fingerprint density at radius 1 is 1.60 bits per heavy atom. The van der Waals surface area contributed by atoms with Crippen molar-refractivity contribution in [1.29, 1.82) is 0 Å². The van der Waals surface area contributed by atoms with Gasteiger partial charge in [-0.2, -0.15) is 0 Å². The molecule has 3 heteroatoms. The van der Waals surface area contributed by atoms with E-state index in [1.54, 1.807) is 11.3 Å². The van der Waals surface area contributed by atoms with Crippen LogP contribution in [0, 0.1) is 6.92 Å². The summed E-state index contributed by atoms with van der Waals surface area (Å²) >= 11 is 1.73. The average molecular weight is 224 g/mol. The Hall–Kier alpha value is -0.670. The molecule has 1 aromatic rings. The number of hydrogen-bond donors (Lipinski definition) is 1. The maximum atomic E-state index is 4.30. The Balaban J connectivity index is 2.81. The molecular formula is C12H20N2S. The molecule has 0 saturated heterocycles. The first-order valence-corrected chi connectivity index (χ1v) is 6.31. The van der Waals surface area contributed by atoms with E-state index in [-0.39, 0.29) is 0 Å². The minimum absolute atomic E-state index is 0.336. The molecule has 1 unspecified atom stereocenters. The zero-order chi connectivity index (χ0) is 11.3. The molecule has 0 aliphatic rings. The maximum absolute atomic E-state index is 4.30. The molecule has 0 aliphatic heterocycles. The second kappa shape index (κ2) is 6.03. The molecule has 0 radical (unpaired) electrons. The average Bonchev–Trinajstić information content (AvgIpc) is 2.58. The summed E-state index contributed by atoms with van der Waals surface area (Å²) in [6.07, 6.45) is 3.43. The van der Waals surface area contributed by atoms with Crippen LogP contribution < -0.4 is 5.32 Å². The minimum Gasteiger partial charge on any atom is -0.306 e. The molecule has 1 rings (SSSR count). The number of nitrogens with zero attached hydrogens (tertiary/aromatic N) is 1. The predicted molar refractivity (Wildman–Crippen MR) is 67.3 cm³/mol.